The minimum absolute atomic E-state index is 0.224. The number of rotatable bonds is 3. The van der Waals surface area contributed by atoms with Crippen LogP contribution >= 0.6 is 0 Å². The summed E-state index contributed by atoms with van der Waals surface area (Å²) < 4.78 is 32.5. The second-order valence-electron chi connectivity index (χ2n) is 5.03. The van der Waals surface area contributed by atoms with E-state index in [1.165, 1.54) is 6.07 Å². The summed E-state index contributed by atoms with van der Waals surface area (Å²) in [6, 6.07) is 9.52. The molecule has 1 aliphatic heterocycles. The highest BCUT2D eigenvalue weighted by Gasteiger charge is 2.32. The van der Waals surface area contributed by atoms with Gasteiger partial charge in [0.05, 0.1) is 13.2 Å². The van der Waals surface area contributed by atoms with Crippen LogP contribution in [0.3, 0.4) is 0 Å². The van der Waals surface area contributed by atoms with Crippen molar-refractivity contribution < 1.29 is 13.5 Å². The van der Waals surface area contributed by atoms with Crippen LogP contribution in [0.25, 0.3) is 0 Å². The summed E-state index contributed by atoms with van der Waals surface area (Å²) in [5.41, 5.74) is 7.87. The summed E-state index contributed by atoms with van der Waals surface area (Å²) in [5.74, 6) is -0.335. The number of fused-ring (bicyclic) bond motifs is 1. The molecule has 21 heavy (non-hydrogen) atoms. The molecule has 2 aromatic rings. The van der Waals surface area contributed by atoms with Gasteiger partial charge in [-0.3, -0.25) is 0 Å². The molecule has 0 aromatic heterocycles. The van der Waals surface area contributed by atoms with Gasteiger partial charge in [-0.1, -0.05) is 0 Å². The maximum atomic E-state index is 13.9. The Kier molecular flexibility index (Phi) is 3.51. The van der Waals surface area contributed by atoms with Crippen LogP contribution in [-0.4, -0.2) is 13.7 Å². The molecule has 0 bridgehead atoms. The van der Waals surface area contributed by atoms with Crippen molar-refractivity contribution in [1.82, 2.24) is 0 Å². The van der Waals surface area contributed by atoms with E-state index in [0.717, 1.165) is 17.5 Å². The van der Waals surface area contributed by atoms with Gasteiger partial charge in [0.2, 0.25) is 0 Å². The highest BCUT2D eigenvalue weighted by atomic mass is 19.1. The van der Waals surface area contributed by atoms with E-state index in [9.17, 15) is 8.78 Å². The number of hydrogen-bond acceptors (Lipinski definition) is 3. The van der Waals surface area contributed by atoms with Gasteiger partial charge in [-0.25, -0.2) is 8.78 Å². The third kappa shape index (κ3) is 2.34. The molecule has 3 nitrogen and oxygen atoms in total. The molecule has 0 saturated heterocycles. The van der Waals surface area contributed by atoms with Gasteiger partial charge in [0.1, 0.15) is 17.4 Å². The molecule has 1 heterocycles. The van der Waals surface area contributed by atoms with Crippen molar-refractivity contribution in [3.8, 4) is 5.75 Å². The monoisotopic (exact) mass is 290 g/mol. The van der Waals surface area contributed by atoms with Gasteiger partial charge in [-0.15, -0.1) is 0 Å². The van der Waals surface area contributed by atoms with Gasteiger partial charge in [-0.05, 0) is 35.9 Å². The molecular formula is C16H16F2N2O. The van der Waals surface area contributed by atoms with Gasteiger partial charge in [0.25, 0.3) is 0 Å². The summed E-state index contributed by atoms with van der Waals surface area (Å²) in [6.07, 6.45) is 0. The van der Waals surface area contributed by atoms with Crippen LogP contribution in [0.15, 0.2) is 36.4 Å². The molecular weight excluding hydrogens is 274 g/mol. The average molecular weight is 290 g/mol. The first-order valence-corrected chi connectivity index (χ1v) is 6.72. The number of nitrogens with zero attached hydrogens (tertiary/aromatic N) is 1. The fraction of sp³-hybridized carbons (Fsp3) is 0.250. The summed E-state index contributed by atoms with van der Waals surface area (Å²) >= 11 is 0. The molecule has 3 rings (SSSR count). The van der Waals surface area contributed by atoms with E-state index < -0.39 is 11.6 Å². The topological polar surface area (TPSA) is 38.5 Å². The third-order valence-electron chi connectivity index (χ3n) is 3.89. The van der Waals surface area contributed by atoms with Crippen LogP contribution in [0.1, 0.15) is 17.2 Å². The molecule has 1 unspecified atom stereocenters. The number of ether oxygens (including phenoxy) is 1. The second kappa shape index (κ2) is 5.33. The normalized spacial score (nSPS) is 17.0. The summed E-state index contributed by atoms with van der Waals surface area (Å²) in [5, 5.41) is 0. The molecule has 0 spiro atoms. The Morgan fingerprint density at radius 1 is 1.24 bits per heavy atom. The molecule has 0 radical (unpaired) electrons. The van der Waals surface area contributed by atoms with Gasteiger partial charge >= 0.3 is 0 Å². The smallest absolute Gasteiger partial charge is 0.131 e. The lowest BCUT2D eigenvalue weighted by Gasteiger charge is -2.26. The Hall–Kier alpha value is -2.14. The Balaban J connectivity index is 1.99. The number of halogens is 2. The van der Waals surface area contributed by atoms with Gasteiger partial charge in [0.15, 0.2) is 0 Å². The van der Waals surface area contributed by atoms with E-state index in [-0.39, 0.29) is 6.04 Å². The van der Waals surface area contributed by atoms with Crippen LogP contribution in [0.2, 0.25) is 0 Å². The van der Waals surface area contributed by atoms with E-state index in [1.54, 1.807) is 7.11 Å². The molecule has 2 N–H and O–H groups in total. The van der Waals surface area contributed by atoms with Gasteiger partial charge < -0.3 is 15.4 Å². The lowest BCUT2D eigenvalue weighted by molar-refractivity contribution is 0.415. The minimum Gasteiger partial charge on any atom is -0.497 e. The van der Waals surface area contributed by atoms with E-state index in [2.05, 4.69) is 0 Å². The number of hydrogen-bond donors (Lipinski definition) is 1. The lowest BCUT2D eigenvalue weighted by Crippen LogP contribution is -2.27. The zero-order valence-electron chi connectivity index (χ0n) is 11.6. The van der Waals surface area contributed by atoms with Crippen molar-refractivity contribution >= 4 is 5.69 Å². The molecule has 1 atom stereocenters. The van der Waals surface area contributed by atoms with Crippen molar-refractivity contribution in [2.45, 2.75) is 12.6 Å². The van der Waals surface area contributed by atoms with Crippen molar-refractivity contribution in [3.63, 3.8) is 0 Å². The Morgan fingerprint density at radius 3 is 2.57 bits per heavy atom. The fourth-order valence-electron chi connectivity index (χ4n) is 2.84. The highest BCUT2D eigenvalue weighted by molar-refractivity contribution is 5.56. The summed E-state index contributed by atoms with van der Waals surface area (Å²) in [7, 11) is 1.60. The molecule has 0 fully saturated rings. The third-order valence-corrected chi connectivity index (χ3v) is 3.89. The average Bonchev–Trinajstić information content (AvgIpc) is 2.86. The Bertz CT molecular complexity index is 658. The number of benzene rings is 2. The SMILES string of the molecule is COc1ccc(N2Cc3c(F)cc(F)cc3C2CN)cc1. The van der Waals surface area contributed by atoms with E-state index in [0.29, 0.717) is 24.2 Å². The molecule has 2 aromatic carbocycles. The fourth-order valence-corrected chi connectivity index (χ4v) is 2.84. The summed E-state index contributed by atoms with van der Waals surface area (Å²) in [4.78, 5) is 1.98. The van der Waals surface area contributed by atoms with Crippen molar-refractivity contribution in [2.75, 3.05) is 18.6 Å². The molecule has 110 valence electrons. The van der Waals surface area contributed by atoms with E-state index in [1.807, 2.05) is 29.2 Å². The quantitative estimate of drug-likeness (QED) is 0.944. The largest absolute Gasteiger partial charge is 0.497 e. The van der Waals surface area contributed by atoms with Crippen LogP contribution in [-0.2, 0) is 6.54 Å². The van der Waals surface area contributed by atoms with Crippen LogP contribution in [0.4, 0.5) is 14.5 Å². The van der Waals surface area contributed by atoms with Gasteiger partial charge in [0, 0.05) is 30.4 Å². The van der Waals surface area contributed by atoms with Crippen molar-refractivity contribution in [3.05, 3.63) is 59.2 Å². The van der Waals surface area contributed by atoms with E-state index in [4.69, 9.17) is 10.5 Å². The lowest BCUT2D eigenvalue weighted by atomic mass is 10.0. The number of methoxy groups -OCH3 is 1. The van der Waals surface area contributed by atoms with Crippen molar-refractivity contribution in [2.24, 2.45) is 5.73 Å². The van der Waals surface area contributed by atoms with Crippen LogP contribution in [0.5, 0.6) is 5.75 Å². The predicted molar refractivity (Wildman–Crippen MR) is 77.3 cm³/mol. The molecule has 5 heteroatoms. The second-order valence-corrected chi connectivity index (χ2v) is 5.03. The molecule has 1 aliphatic rings. The number of anilines is 1. The zero-order chi connectivity index (χ0) is 15.0. The maximum absolute atomic E-state index is 13.9. The molecule has 0 saturated carbocycles. The summed E-state index contributed by atoms with van der Waals surface area (Å²) in [6.45, 7) is 0.678. The first-order chi connectivity index (χ1) is 10.1. The maximum Gasteiger partial charge on any atom is 0.131 e. The zero-order valence-corrected chi connectivity index (χ0v) is 11.6. The van der Waals surface area contributed by atoms with Gasteiger partial charge in [-0.2, -0.15) is 0 Å². The number of nitrogens with two attached hydrogens (primary N) is 1. The minimum atomic E-state index is -0.568. The predicted octanol–water partition coefficient (Wildman–Crippen LogP) is 2.99. The highest BCUT2D eigenvalue weighted by Crippen LogP contribution is 2.38. The molecule has 0 amide bonds. The molecule has 0 aliphatic carbocycles. The van der Waals surface area contributed by atoms with E-state index >= 15 is 0 Å². The Morgan fingerprint density at radius 2 is 1.95 bits per heavy atom. The standard InChI is InChI=1S/C16H16F2N2O/c1-21-12-4-2-11(3-5-12)20-9-14-13(16(20)8-19)6-10(17)7-15(14)18/h2-7,16H,8-9,19H2,1H3. The Labute approximate surface area is 121 Å². The van der Waals surface area contributed by atoms with Crippen molar-refractivity contribution in [1.29, 1.82) is 0 Å². The first-order valence-electron chi connectivity index (χ1n) is 6.72. The van der Waals surface area contributed by atoms with Crippen LogP contribution < -0.4 is 15.4 Å². The van der Waals surface area contributed by atoms with Crippen LogP contribution in [0, 0.1) is 11.6 Å². The first kappa shape index (κ1) is 13.8.